The molecule has 0 spiro atoms. The maximum atomic E-state index is 11.9. The number of hydrogen-bond acceptors (Lipinski definition) is 2. The fourth-order valence-electron chi connectivity index (χ4n) is 1.75. The van der Waals surface area contributed by atoms with Crippen molar-refractivity contribution in [2.75, 3.05) is 7.05 Å². The number of likely N-dealkylation sites (N-methyl/N-ethyl adjacent to an activating group) is 1. The molecule has 1 heterocycles. The number of urea groups is 1. The van der Waals surface area contributed by atoms with Crippen LogP contribution in [0.3, 0.4) is 0 Å². The van der Waals surface area contributed by atoms with Gasteiger partial charge in [-0.15, -0.1) is 0 Å². The summed E-state index contributed by atoms with van der Waals surface area (Å²) >= 11 is 0. The number of carbonyl (C=O) groups is 2. The highest BCUT2D eigenvalue weighted by Crippen LogP contribution is 2.27. The third-order valence-electron chi connectivity index (χ3n) is 2.75. The topological polar surface area (TPSA) is 49.4 Å². The number of rotatable bonds is 1. The van der Waals surface area contributed by atoms with E-state index in [-0.39, 0.29) is 11.9 Å². The van der Waals surface area contributed by atoms with E-state index in [0.717, 1.165) is 10.5 Å². The molecule has 1 aromatic rings. The monoisotopic (exact) mass is 204 g/mol. The summed E-state index contributed by atoms with van der Waals surface area (Å²) < 4.78 is 0. The number of nitrogens with zero attached hydrogens (tertiary/aromatic N) is 1. The average molecular weight is 204 g/mol. The molecule has 78 valence electrons. The van der Waals surface area contributed by atoms with Gasteiger partial charge >= 0.3 is 6.03 Å². The van der Waals surface area contributed by atoms with Gasteiger partial charge in [0.1, 0.15) is 5.54 Å². The summed E-state index contributed by atoms with van der Waals surface area (Å²) in [5, 5.41) is 2.68. The highest BCUT2D eigenvalue weighted by molar-refractivity contribution is 6.06. The molecule has 15 heavy (non-hydrogen) atoms. The van der Waals surface area contributed by atoms with Gasteiger partial charge < -0.3 is 5.32 Å². The van der Waals surface area contributed by atoms with Crippen molar-refractivity contribution in [3.63, 3.8) is 0 Å². The number of benzene rings is 1. The van der Waals surface area contributed by atoms with E-state index in [0.29, 0.717) is 0 Å². The van der Waals surface area contributed by atoms with Gasteiger partial charge in [-0.1, -0.05) is 30.3 Å². The van der Waals surface area contributed by atoms with E-state index in [1.54, 1.807) is 6.92 Å². The third-order valence-corrected chi connectivity index (χ3v) is 2.75. The van der Waals surface area contributed by atoms with Crippen LogP contribution in [0.4, 0.5) is 4.79 Å². The Labute approximate surface area is 87.9 Å². The smallest absolute Gasteiger partial charge is 0.319 e. The van der Waals surface area contributed by atoms with Crippen LogP contribution in [-0.2, 0) is 10.3 Å². The lowest BCUT2D eigenvalue weighted by Crippen LogP contribution is -2.40. The summed E-state index contributed by atoms with van der Waals surface area (Å²) in [6.45, 7) is 1.71. The van der Waals surface area contributed by atoms with Crippen LogP contribution in [-0.4, -0.2) is 23.9 Å². The molecule has 2 rings (SSSR count). The second kappa shape index (κ2) is 3.08. The lowest BCUT2D eigenvalue weighted by atomic mass is 9.92. The van der Waals surface area contributed by atoms with Crippen LogP contribution in [0, 0.1) is 0 Å². The maximum Gasteiger partial charge on any atom is 0.325 e. The highest BCUT2D eigenvalue weighted by Gasteiger charge is 2.47. The van der Waals surface area contributed by atoms with Crippen molar-refractivity contribution < 1.29 is 9.59 Å². The summed E-state index contributed by atoms with van der Waals surface area (Å²) in [6, 6.07) is 8.87. The van der Waals surface area contributed by atoms with Crippen LogP contribution >= 0.6 is 0 Å². The normalized spacial score (nSPS) is 25.6. The Morgan fingerprint density at radius 1 is 1.20 bits per heavy atom. The summed E-state index contributed by atoms with van der Waals surface area (Å²) in [7, 11) is 1.48. The zero-order chi connectivity index (χ0) is 11.1. The second-order valence-corrected chi connectivity index (χ2v) is 3.79. The second-order valence-electron chi connectivity index (χ2n) is 3.79. The van der Waals surface area contributed by atoms with E-state index >= 15 is 0 Å². The largest absolute Gasteiger partial charge is 0.325 e. The van der Waals surface area contributed by atoms with Crippen molar-refractivity contribution in [3.05, 3.63) is 35.9 Å². The predicted octanol–water partition coefficient (Wildman–Crippen LogP) is 1.08. The van der Waals surface area contributed by atoms with Gasteiger partial charge in [-0.3, -0.25) is 9.69 Å². The van der Waals surface area contributed by atoms with Crippen molar-refractivity contribution in [2.45, 2.75) is 12.5 Å². The minimum Gasteiger partial charge on any atom is -0.319 e. The predicted molar refractivity (Wildman–Crippen MR) is 55.1 cm³/mol. The first-order valence-corrected chi connectivity index (χ1v) is 4.71. The Hall–Kier alpha value is -1.84. The van der Waals surface area contributed by atoms with E-state index in [4.69, 9.17) is 0 Å². The molecule has 1 aromatic carbocycles. The Bertz CT molecular complexity index is 416. The van der Waals surface area contributed by atoms with E-state index in [1.165, 1.54) is 7.05 Å². The standard InChI is InChI=1S/C11H12N2O2/c1-11(8-6-4-3-5-7-8)9(14)13(2)10(15)12-11/h3-7H,1-2H3,(H,12,15)/t11-/m0/s1. The molecule has 1 aliphatic heterocycles. The van der Waals surface area contributed by atoms with Crippen LogP contribution in [0.15, 0.2) is 30.3 Å². The molecule has 1 N–H and O–H groups in total. The fraction of sp³-hybridized carbons (Fsp3) is 0.273. The van der Waals surface area contributed by atoms with E-state index in [9.17, 15) is 9.59 Å². The fourth-order valence-corrected chi connectivity index (χ4v) is 1.75. The SMILES string of the molecule is CN1C(=O)N[C@@](C)(c2ccccc2)C1=O. The van der Waals surface area contributed by atoms with E-state index in [1.807, 2.05) is 30.3 Å². The Morgan fingerprint density at radius 2 is 1.80 bits per heavy atom. The molecular formula is C11H12N2O2. The molecule has 1 aliphatic rings. The number of hydrogen-bond donors (Lipinski definition) is 1. The molecule has 0 aromatic heterocycles. The molecule has 4 heteroatoms. The molecule has 1 fully saturated rings. The first-order chi connectivity index (χ1) is 7.05. The minimum absolute atomic E-state index is 0.223. The van der Waals surface area contributed by atoms with Gasteiger partial charge in [-0.25, -0.2) is 4.79 Å². The van der Waals surface area contributed by atoms with Crippen LogP contribution in [0.2, 0.25) is 0 Å². The van der Waals surface area contributed by atoms with E-state index < -0.39 is 5.54 Å². The molecule has 0 unspecified atom stereocenters. The van der Waals surface area contributed by atoms with Gasteiger partial charge in [0, 0.05) is 7.05 Å². The van der Waals surface area contributed by atoms with Crippen LogP contribution < -0.4 is 5.32 Å². The van der Waals surface area contributed by atoms with Crippen LogP contribution in [0.5, 0.6) is 0 Å². The van der Waals surface area contributed by atoms with Gasteiger partial charge in [-0.2, -0.15) is 0 Å². The first-order valence-electron chi connectivity index (χ1n) is 4.71. The van der Waals surface area contributed by atoms with E-state index in [2.05, 4.69) is 5.32 Å². The molecule has 0 bridgehead atoms. The van der Waals surface area contributed by atoms with Crippen LogP contribution in [0.1, 0.15) is 12.5 Å². The van der Waals surface area contributed by atoms with Crippen molar-refractivity contribution in [3.8, 4) is 0 Å². The zero-order valence-electron chi connectivity index (χ0n) is 8.65. The summed E-state index contributed by atoms with van der Waals surface area (Å²) in [6.07, 6.45) is 0. The Kier molecular flexibility index (Phi) is 2.00. The molecule has 4 nitrogen and oxygen atoms in total. The van der Waals surface area contributed by atoms with Gasteiger partial charge in [0.2, 0.25) is 0 Å². The number of imide groups is 1. The Morgan fingerprint density at radius 3 is 2.27 bits per heavy atom. The number of nitrogens with one attached hydrogen (secondary N) is 1. The molecular weight excluding hydrogens is 192 g/mol. The number of amides is 3. The van der Waals surface area contributed by atoms with Crippen molar-refractivity contribution in [1.29, 1.82) is 0 Å². The molecule has 0 aliphatic carbocycles. The summed E-state index contributed by atoms with van der Waals surface area (Å²) in [5.41, 5.74) is -0.125. The minimum atomic E-state index is -0.924. The van der Waals surface area contributed by atoms with Gasteiger partial charge in [0.05, 0.1) is 0 Å². The lowest BCUT2D eigenvalue weighted by molar-refractivity contribution is -0.130. The van der Waals surface area contributed by atoms with Crippen molar-refractivity contribution in [2.24, 2.45) is 0 Å². The van der Waals surface area contributed by atoms with Crippen molar-refractivity contribution in [1.82, 2.24) is 10.2 Å². The highest BCUT2D eigenvalue weighted by atomic mass is 16.2. The zero-order valence-corrected chi connectivity index (χ0v) is 8.65. The Balaban J connectivity index is 2.45. The first kappa shape index (κ1) is 9.71. The maximum absolute atomic E-state index is 11.9. The van der Waals surface area contributed by atoms with Crippen molar-refractivity contribution >= 4 is 11.9 Å². The summed E-state index contributed by atoms with van der Waals surface area (Å²) in [5.74, 6) is -0.223. The lowest BCUT2D eigenvalue weighted by Gasteiger charge is -2.21. The molecule has 1 atom stereocenters. The molecule has 3 amide bonds. The molecule has 0 saturated carbocycles. The van der Waals surface area contributed by atoms with Crippen LogP contribution in [0.25, 0.3) is 0 Å². The molecule has 0 radical (unpaired) electrons. The molecule has 1 saturated heterocycles. The van der Waals surface area contributed by atoms with Gasteiger partial charge in [0.15, 0.2) is 0 Å². The average Bonchev–Trinajstić information content (AvgIpc) is 2.45. The summed E-state index contributed by atoms with van der Waals surface area (Å²) in [4.78, 5) is 24.4. The quantitative estimate of drug-likeness (QED) is 0.696. The van der Waals surface area contributed by atoms with Gasteiger partial charge in [0.25, 0.3) is 5.91 Å². The third kappa shape index (κ3) is 1.29. The number of carbonyl (C=O) groups excluding carboxylic acids is 2. The van der Waals surface area contributed by atoms with Gasteiger partial charge in [-0.05, 0) is 12.5 Å².